The summed E-state index contributed by atoms with van der Waals surface area (Å²) in [7, 11) is 0. The molecule has 4 rings (SSSR count). The largest absolute Gasteiger partial charge is 0.313 e. The van der Waals surface area contributed by atoms with Crippen molar-refractivity contribution in [2.24, 2.45) is 0 Å². The Labute approximate surface area is 118 Å². The number of nitrogens with zero attached hydrogens (tertiary/aromatic N) is 2. The molecule has 1 aromatic rings. The number of rotatable bonds is 0. The molecule has 0 amide bonds. The Bertz CT molecular complexity index is 838. The highest BCUT2D eigenvalue weighted by molar-refractivity contribution is 9.10. The minimum absolute atomic E-state index is 0.0313. The Morgan fingerprint density at radius 2 is 2.00 bits per heavy atom. The van der Waals surface area contributed by atoms with Gasteiger partial charge in [0.25, 0.3) is 0 Å². The van der Waals surface area contributed by atoms with Crippen LogP contribution in [0.3, 0.4) is 0 Å². The van der Waals surface area contributed by atoms with E-state index >= 15 is 0 Å². The molecule has 0 bridgehead atoms. The van der Waals surface area contributed by atoms with Gasteiger partial charge in [-0.05, 0) is 64.5 Å². The molecule has 2 aliphatic carbocycles. The SMILES string of the molecule is O=c1ccc(Br)c2n3ccc4c3c(cnc1-2)CCC4. The van der Waals surface area contributed by atoms with Gasteiger partial charge >= 0.3 is 0 Å². The van der Waals surface area contributed by atoms with Gasteiger partial charge in [-0.1, -0.05) is 0 Å². The van der Waals surface area contributed by atoms with Crippen molar-refractivity contribution in [3.05, 3.63) is 56.4 Å². The molecular weight excluding hydrogens is 304 g/mol. The fourth-order valence-corrected chi connectivity index (χ4v) is 3.48. The van der Waals surface area contributed by atoms with Crippen molar-refractivity contribution >= 4 is 21.4 Å². The van der Waals surface area contributed by atoms with Crippen LogP contribution >= 0.6 is 15.9 Å². The quantitative estimate of drug-likeness (QED) is 0.639. The molecule has 3 nitrogen and oxygen atoms in total. The summed E-state index contributed by atoms with van der Waals surface area (Å²) >= 11 is 3.55. The lowest BCUT2D eigenvalue weighted by Crippen LogP contribution is -2.07. The maximum absolute atomic E-state index is 12.0. The third-order valence-corrected chi connectivity index (χ3v) is 4.46. The molecular formula is C15H11BrN2O. The number of aromatic nitrogens is 2. The molecule has 2 heterocycles. The average Bonchev–Trinajstić information content (AvgIpc) is 2.75. The molecule has 0 fully saturated rings. The Hall–Kier alpha value is -1.68. The van der Waals surface area contributed by atoms with Crippen LogP contribution in [0.2, 0.25) is 0 Å². The van der Waals surface area contributed by atoms with E-state index in [1.54, 1.807) is 12.1 Å². The van der Waals surface area contributed by atoms with E-state index in [9.17, 15) is 4.79 Å². The molecule has 4 heteroatoms. The van der Waals surface area contributed by atoms with Crippen molar-refractivity contribution in [1.29, 1.82) is 0 Å². The van der Waals surface area contributed by atoms with Gasteiger partial charge < -0.3 is 4.40 Å². The summed E-state index contributed by atoms with van der Waals surface area (Å²) in [6.07, 6.45) is 7.20. The minimum Gasteiger partial charge on any atom is -0.313 e. The predicted octanol–water partition coefficient (Wildman–Crippen LogP) is 3.05. The van der Waals surface area contributed by atoms with Gasteiger partial charge in [-0.25, -0.2) is 0 Å². The van der Waals surface area contributed by atoms with E-state index in [1.165, 1.54) is 16.6 Å². The van der Waals surface area contributed by atoms with Gasteiger partial charge in [-0.15, -0.1) is 0 Å². The average molecular weight is 315 g/mol. The third kappa shape index (κ3) is 1.49. The molecule has 0 N–H and O–H groups in total. The van der Waals surface area contributed by atoms with Crippen LogP contribution in [0.5, 0.6) is 0 Å². The van der Waals surface area contributed by atoms with Gasteiger partial charge in [0.2, 0.25) is 5.43 Å². The van der Waals surface area contributed by atoms with Crippen LogP contribution in [0.15, 0.2) is 39.9 Å². The van der Waals surface area contributed by atoms with Crippen LogP contribution in [0.1, 0.15) is 17.5 Å². The number of benzene rings is 1. The second kappa shape index (κ2) is 3.90. The van der Waals surface area contributed by atoms with E-state index in [1.807, 2.05) is 12.4 Å². The minimum atomic E-state index is -0.0313. The van der Waals surface area contributed by atoms with Gasteiger partial charge in [0, 0.05) is 16.9 Å². The summed E-state index contributed by atoms with van der Waals surface area (Å²) in [5.74, 6) is 0. The highest BCUT2D eigenvalue weighted by atomic mass is 79.9. The van der Waals surface area contributed by atoms with Crippen molar-refractivity contribution in [3.8, 4) is 11.4 Å². The molecule has 19 heavy (non-hydrogen) atoms. The van der Waals surface area contributed by atoms with Crippen LogP contribution in [0.4, 0.5) is 0 Å². The van der Waals surface area contributed by atoms with Crippen LogP contribution in [0.25, 0.3) is 16.9 Å². The third-order valence-electron chi connectivity index (χ3n) is 3.82. The molecule has 0 aromatic carbocycles. The summed E-state index contributed by atoms with van der Waals surface area (Å²) < 4.78 is 3.02. The number of hydrogen-bond acceptors (Lipinski definition) is 2. The molecule has 0 unspecified atom stereocenters. The van der Waals surface area contributed by atoms with Crippen LogP contribution in [-0.2, 0) is 12.8 Å². The molecule has 3 aliphatic rings. The summed E-state index contributed by atoms with van der Waals surface area (Å²) in [6.45, 7) is 0. The number of hydrogen-bond donors (Lipinski definition) is 0. The van der Waals surface area contributed by atoms with Gasteiger partial charge in [-0.3, -0.25) is 9.78 Å². The van der Waals surface area contributed by atoms with Gasteiger partial charge in [-0.2, -0.15) is 0 Å². The molecule has 0 spiro atoms. The zero-order valence-electron chi connectivity index (χ0n) is 10.2. The van der Waals surface area contributed by atoms with E-state index < -0.39 is 0 Å². The van der Waals surface area contributed by atoms with Crippen molar-refractivity contribution in [2.45, 2.75) is 19.3 Å². The van der Waals surface area contributed by atoms with Crippen molar-refractivity contribution in [3.63, 3.8) is 0 Å². The summed E-state index contributed by atoms with van der Waals surface area (Å²) in [6, 6.07) is 5.52. The lowest BCUT2D eigenvalue weighted by atomic mass is 9.98. The number of halogens is 1. The van der Waals surface area contributed by atoms with E-state index in [0.717, 1.165) is 29.4 Å². The first-order valence-corrected chi connectivity index (χ1v) is 7.15. The zero-order valence-corrected chi connectivity index (χ0v) is 11.8. The Morgan fingerprint density at radius 1 is 1.16 bits per heavy atom. The maximum atomic E-state index is 12.0. The van der Waals surface area contributed by atoms with Crippen molar-refractivity contribution < 1.29 is 0 Å². The molecule has 0 saturated carbocycles. The fourth-order valence-electron chi connectivity index (χ4n) is 2.97. The summed E-state index contributed by atoms with van der Waals surface area (Å²) in [5, 5.41) is 0. The first-order chi connectivity index (χ1) is 9.25. The molecule has 1 aromatic heterocycles. The monoisotopic (exact) mass is 314 g/mol. The Morgan fingerprint density at radius 3 is 2.89 bits per heavy atom. The topological polar surface area (TPSA) is 34.4 Å². The second-order valence-electron chi connectivity index (χ2n) is 4.94. The van der Waals surface area contributed by atoms with Gasteiger partial charge in [0.05, 0.1) is 11.2 Å². The maximum Gasteiger partial charge on any atom is 0.206 e. The Balaban J connectivity index is 2.31. The lowest BCUT2D eigenvalue weighted by Gasteiger charge is -2.10. The first kappa shape index (κ1) is 11.2. The standard InChI is InChI=1S/C15H11BrN2O/c16-11-4-5-12(19)13-15(11)18-7-6-9-2-1-3-10(8-17-13)14(9)18/h4-8H,1-3H2. The molecule has 1 aliphatic heterocycles. The summed E-state index contributed by atoms with van der Waals surface area (Å²) in [5.41, 5.74) is 5.16. The highest BCUT2D eigenvalue weighted by Crippen LogP contribution is 2.31. The second-order valence-corrected chi connectivity index (χ2v) is 5.79. The van der Waals surface area contributed by atoms with Crippen LogP contribution in [-0.4, -0.2) is 9.38 Å². The Kier molecular flexibility index (Phi) is 2.30. The van der Waals surface area contributed by atoms with Crippen molar-refractivity contribution in [2.75, 3.05) is 0 Å². The highest BCUT2D eigenvalue weighted by Gasteiger charge is 2.19. The van der Waals surface area contributed by atoms with Gasteiger partial charge in [0.15, 0.2) is 0 Å². The molecule has 0 saturated heterocycles. The van der Waals surface area contributed by atoms with E-state index in [4.69, 9.17) is 0 Å². The van der Waals surface area contributed by atoms with Crippen LogP contribution in [0, 0.1) is 0 Å². The number of fused-ring (bicyclic) bond motifs is 2. The lowest BCUT2D eigenvalue weighted by molar-refractivity contribution is 0.803. The van der Waals surface area contributed by atoms with Crippen LogP contribution < -0.4 is 5.43 Å². The van der Waals surface area contributed by atoms with Crippen molar-refractivity contribution in [1.82, 2.24) is 9.38 Å². The summed E-state index contributed by atoms with van der Waals surface area (Å²) in [4.78, 5) is 16.5. The first-order valence-electron chi connectivity index (χ1n) is 6.36. The van der Waals surface area contributed by atoms with E-state index in [0.29, 0.717) is 5.69 Å². The molecule has 0 atom stereocenters. The van der Waals surface area contributed by atoms with Gasteiger partial charge in [0.1, 0.15) is 5.69 Å². The zero-order chi connectivity index (χ0) is 13.0. The fraction of sp³-hybridized carbons (Fsp3) is 0.200. The van der Waals surface area contributed by atoms with E-state index in [2.05, 4.69) is 31.4 Å². The normalized spacial score (nSPS) is 14.2. The predicted molar refractivity (Wildman–Crippen MR) is 77.8 cm³/mol. The smallest absolute Gasteiger partial charge is 0.206 e. The molecule has 94 valence electrons. The molecule has 0 radical (unpaired) electrons. The number of aryl methyl sites for hydroxylation is 2. The van der Waals surface area contributed by atoms with E-state index in [-0.39, 0.29) is 5.43 Å².